The van der Waals surface area contributed by atoms with Crippen molar-refractivity contribution in [1.82, 2.24) is 0 Å². The number of carboxylic acids is 1. The predicted octanol–water partition coefficient (Wildman–Crippen LogP) is 0.179. The average Bonchev–Trinajstić information content (AvgIpc) is 1.33. The van der Waals surface area contributed by atoms with Crippen molar-refractivity contribution in [2.75, 3.05) is 0 Å². The zero-order valence-electron chi connectivity index (χ0n) is 4.22. The van der Waals surface area contributed by atoms with Crippen LogP contribution < -0.4 is 5.73 Å². The van der Waals surface area contributed by atoms with Crippen LogP contribution >= 0.6 is 0 Å². The maximum atomic E-state index is 9.00. The van der Waals surface area contributed by atoms with Gasteiger partial charge in [0.2, 0.25) is 0 Å². The van der Waals surface area contributed by atoms with Crippen LogP contribution in [0.5, 0.6) is 0 Å². The van der Waals surface area contributed by atoms with E-state index in [1.165, 1.54) is 6.20 Å². The van der Waals surface area contributed by atoms with E-state index in [1.54, 1.807) is 0 Å². The van der Waals surface area contributed by atoms with Gasteiger partial charge in [0.15, 0.2) is 0 Å². The summed E-state index contributed by atoms with van der Waals surface area (Å²) >= 11 is 0. The number of hydrogen-bond acceptors (Lipinski definition) is 2. The summed E-state index contributed by atoms with van der Waals surface area (Å²) < 4.78 is 0. The molecule has 0 aliphatic heterocycles. The molecule has 0 saturated heterocycles. The number of nitrogens with two attached hydrogens (primary N) is 1. The Morgan fingerprint density at radius 3 is 2.00 bits per heavy atom. The van der Waals surface area contributed by atoms with Gasteiger partial charge in [0.25, 0.3) is 5.97 Å². The molecule has 0 unspecified atom stereocenters. The summed E-state index contributed by atoms with van der Waals surface area (Å²) in [6.45, 7) is 4.22. The third-order valence-electron chi connectivity index (χ3n) is 0. The van der Waals surface area contributed by atoms with E-state index < -0.39 is 5.97 Å². The first-order valence-corrected chi connectivity index (χ1v) is 1.67. The van der Waals surface area contributed by atoms with Gasteiger partial charge in [-0.3, -0.25) is 4.79 Å². The van der Waals surface area contributed by atoms with E-state index in [4.69, 9.17) is 9.90 Å². The van der Waals surface area contributed by atoms with Crippen molar-refractivity contribution in [3.8, 4) is 0 Å². The minimum absolute atomic E-state index is 0.833. The number of aliphatic carboxylic acids is 1. The Labute approximate surface area is 42.4 Å². The predicted molar refractivity (Wildman–Crippen MR) is 27.7 cm³/mol. The SMILES string of the molecule is C=CN.CC(=O)O. The summed E-state index contributed by atoms with van der Waals surface area (Å²) in [4.78, 5) is 9.00. The van der Waals surface area contributed by atoms with Crippen LogP contribution in [0.3, 0.4) is 0 Å². The highest BCUT2D eigenvalue weighted by molar-refractivity contribution is 5.62. The Kier molecular flexibility index (Phi) is 11.9. The molecule has 0 heterocycles. The van der Waals surface area contributed by atoms with Crippen LogP contribution in [0.2, 0.25) is 0 Å². The molecule has 0 saturated carbocycles. The number of carboxylic acid groups (broad SMARTS) is 1. The molecule has 0 aliphatic rings. The zero-order valence-corrected chi connectivity index (χ0v) is 4.22. The van der Waals surface area contributed by atoms with Gasteiger partial charge in [0.05, 0.1) is 0 Å². The van der Waals surface area contributed by atoms with E-state index in [9.17, 15) is 0 Å². The van der Waals surface area contributed by atoms with Crippen molar-refractivity contribution in [2.24, 2.45) is 5.73 Å². The Morgan fingerprint density at radius 2 is 2.00 bits per heavy atom. The molecular weight excluding hydrogens is 94.0 g/mol. The van der Waals surface area contributed by atoms with Gasteiger partial charge in [-0.15, -0.1) is 0 Å². The molecule has 42 valence electrons. The minimum Gasteiger partial charge on any atom is -0.481 e. The molecule has 3 nitrogen and oxygen atoms in total. The van der Waals surface area contributed by atoms with E-state index in [1.807, 2.05) is 0 Å². The second-order valence-electron chi connectivity index (χ2n) is 0.755. The van der Waals surface area contributed by atoms with Gasteiger partial charge < -0.3 is 10.8 Å². The van der Waals surface area contributed by atoms with Crippen molar-refractivity contribution in [3.63, 3.8) is 0 Å². The second kappa shape index (κ2) is 8.89. The Morgan fingerprint density at radius 1 is 2.00 bits per heavy atom. The van der Waals surface area contributed by atoms with Crippen molar-refractivity contribution >= 4 is 5.97 Å². The maximum Gasteiger partial charge on any atom is 0.300 e. The summed E-state index contributed by atoms with van der Waals surface area (Å²) in [6, 6.07) is 0. The molecule has 0 aliphatic carbocycles. The highest BCUT2D eigenvalue weighted by Gasteiger charge is 1.65. The van der Waals surface area contributed by atoms with Crippen molar-refractivity contribution < 1.29 is 9.90 Å². The third kappa shape index (κ3) is 46.3. The molecule has 0 atom stereocenters. The van der Waals surface area contributed by atoms with E-state index in [-0.39, 0.29) is 0 Å². The van der Waals surface area contributed by atoms with Gasteiger partial charge in [0, 0.05) is 6.92 Å². The van der Waals surface area contributed by atoms with E-state index in [0.29, 0.717) is 0 Å². The number of carbonyl (C=O) groups is 1. The van der Waals surface area contributed by atoms with Crippen LogP contribution in [-0.4, -0.2) is 11.1 Å². The van der Waals surface area contributed by atoms with Crippen LogP contribution in [0.1, 0.15) is 6.92 Å². The number of hydrogen-bond donors (Lipinski definition) is 2. The van der Waals surface area contributed by atoms with Crippen molar-refractivity contribution in [3.05, 3.63) is 12.8 Å². The summed E-state index contributed by atoms with van der Waals surface area (Å²) in [7, 11) is 0. The first-order chi connectivity index (χ1) is 3.15. The van der Waals surface area contributed by atoms with Crippen molar-refractivity contribution in [2.45, 2.75) is 6.92 Å². The van der Waals surface area contributed by atoms with Crippen LogP contribution in [0, 0.1) is 0 Å². The molecule has 0 fully saturated rings. The van der Waals surface area contributed by atoms with Gasteiger partial charge in [-0.25, -0.2) is 0 Å². The Balaban J connectivity index is 0. The lowest BCUT2D eigenvalue weighted by atomic mass is 10.9. The monoisotopic (exact) mass is 103 g/mol. The maximum absolute atomic E-state index is 9.00. The van der Waals surface area contributed by atoms with Crippen LogP contribution in [0.25, 0.3) is 0 Å². The molecule has 0 amide bonds. The van der Waals surface area contributed by atoms with Crippen LogP contribution in [0.4, 0.5) is 0 Å². The first kappa shape index (κ1) is 9.38. The van der Waals surface area contributed by atoms with E-state index >= 15 is 0 Å². The Hall–Kier alpha value is -0.990. The lowest BCUT2D eigenvalue weighted by Crippen LogP contribution is -1.78. The van der Waals surface area contributed by atoms with Gasteiger partial charge in [-0.1, -0.05) is 6.58 Å². The topological polar surface area (TPSA) is 63.3 Å². The van der Waals surface area contributed by atoms with E-state index in [2.05, 4.69) is 12.3 Å². The largest absolute Gasteiger partial charge is 0.481 e. The standard InChI is InChI=1S/C2H5N.C2H4O2/c1-2-3;1-2(3)4/h2H,1,3H2;1H3,(H,3,4). The van der Waals surface area contributed by atoms with E-state index in [0.717, 1.165) is 6.92 Å². The molecule has 3 N–H and O–H groups in total. The molecule has 0 bridgehead atoms. The molecule has 0 aromatic heterocycles. The highest BCUT2D eigenvalue weighted by Crippen LogP contribution is 1.42. The van der Waals surface area contributed by atoms with Gasteiger partial charge in [-0.2, -0.15) is 0 Å². The summed E-state index contributed by atoms with van der Waals surface area (Å²) in [5.74, 6) is -0.833. The van der Waals surface area contributed by atoms with Crippen LogP contribution in [-0.2, 0) is 4.79 Å². The fourth-order valence-electron chi connectivity index (χ4n) is 0. The quantitative estimate of drug-likeness (QED) is 0.459. The fourth-order valence-corrected chi connectivity index (χ4v) is 0. The smallest absolute Gasteiger partial charge is 0.300 e. The Bertz CT molecular complexity index is 56.7. The van der Waals surface area contributed by atoms with Crippen molar-refractivity contribution in [1.29, 1.82) is 0 Å². The molecule has 0 radical (unpaired) electrons. The van der Waals surface area contributed by atoms with Gasteiger partial charge in [0.1, 0.15) is 0 Å². The first-order valence-electron chi connectivity index (χ1n) is 1.67. The summed E-state index contributed by atoms with van der Waals surface area (Å²) in [6.07, 6.45) is 1.25. The van der Waals surface area contributed by atoms with Gasteiger partial charge >= 0.3 is 0 Å². The average molecular weight is 103 g/mol. The minimum atomic E-state index is -0.833. The second-order valence-corrected chi connectivity index (χ2v) is 0.755. The molecule has 0 aromatic rings. The third-order valence-corrected chi connectivity index (χ3v) is 0. The molecule has 0 spiro atoms. The normalized spacial score (nSPS) is 5.29. The zero-order chi connectivity index (χ0) is 6.28. The summed E-state index contributed by atoms with van der Waals surface area (Å²) in [5.41, 5.74) is 4.61. The summed E-state index contributed by atoms with van der Waals surface area (Å²) in [5, 5.41) is 7.42. The lowest BCUT2D eigenvalue weighted by Gasteiger charge is -1.59. The molecular formula is C4H9NO2. The highest BCUT2D eigenvalue weighted by atomic mass is 16.4. The molecule has 3 heteroatoms. The number of rotatable bonds is 0. The van der Waals surface area contributed by atoms with Gasteiger partial charge in [-0.05, 0) is 6.20 Å². The molecule has 0 rings (SSSR count). The molecule has 0 aromatic carbocycles. The van der Waals surface area contributed by atoms with Crippen LogP contribution in [0.15, 0.2) is 12.8 Å². The molecule has 7 heavy (non-hydrogen) atoms. The fraction of sp³-hybridized carbons (Fsp3) is 0.250. The lowest BCUT2D eigenvalue weighted by molar-refractivity contribution is -0.134.